The van der Waals surface area contributed by atoms with Gasteiger partial charge in [0.1, 0.15) is 29.7 Å². The molecule has 4 rings (SSSR count). The fraction of sp³-hybridized carbons (Fsp3) is 0.226. The van der Waals surface area contributed by atoms with Crippen molar-refractivity contribution in [1.29, 1.82) is 5.26 Å². The highest BCUT2D eigenvalue weighted by atomic mass is 16.5. The van der Waals surface area contributed by atoms with E-state index in [4.69, 9.17) is 9.47 Å². The highest BCUT2D eigenvalue weighted by molar-refractivity contribution is 5.81. The van der Waals surface area contributed by atoms with Gasteiger partial charge in [-0.2, -0.15) is 10.4 Å². The maximum Gasteiger partial charge on any atom is 0.270 e. The molecule has 8 heteroatoms. The Labute approximate surface area is 228 Å². The minimum Gasteiger partial charge on any atom is -0.496 e. The van der Waals surface area contributed by atoms with Crippen LogP contribution in [0.15, 0.2) is 76.6 Å². The number of ether oxygens (including phenoxy) is 2. The molecular formula is C31H31N5O3. The second-order valence-electron chi connectivity index (χ2n) is 10.1. The number of anilines is 1. The minimum atomic E-state index is -0.543. The first-order valence-electron chi connectivity index (χ1n) is 12.5. The molecule has 4 aromatic rings. The molecule has 8 nitrogen and oxygen atoms in total. The molecule has 0 aliphatic heterocycles. The summed E-state index contributed by atoms with van der Waals surface area (Å²) in [6, 6.07) is 22.9. The highest BCUT2D eigenvalue weighted by Crippen LogP contribution is 2.33. The number of nitrogens with one attached hydrogen (secondary N) is 2. The van der Waals surface area contributed by atoms with Gasteiger partial charge in [-0.25, -0.2) is 10.4 Å². The molecule has 0 amide bonds. The Morgan fingerprint density at radius 2 is 1.85 bits per heavy atom. The number of aryl methyl sites for hydroxylation is 1. The Bertz CT molecular complexity index is 1600. The molecule has 0 bridgehead atoms. The van der Waals surface area contributed by atoms with E-state index in [2.05, 4.69) is 59.5 Å². The van der Waals surface area contributed by atoms with E-state index in [-0.39, 0.29) is 22.6 Å². The standard InChI is InChI=1S/C31H31N5O3/c1-20-11-13-25(31(2,3)4)27(15-20)39-19-23-16-21(12-14-26(23)38-5)18-33-36-30-34-28(22-9-7-6-8-10-22)24(17-32)29(37)35-30/h6-16,18H,19H2,1-5H3,(H2,34,35,36,37). The van der Waals surface area contributed by atoms with Gasteiger partial charge in [0, 0.05) is 11.1 Å². The Kier molecular flexibility index (Phi) is 8.11. The predicted molar refractivity (Wildman–Crippen MR) is 153 cm³/mol. The molecular weight excluding hydrogens is 490 g/mol. The number of nitrogens with zero attached hydrogens (tertiary/aromatic N) is 3. The van der Waals surface area contributed by atoms with Crippen LogP contribution in [0, 0.1) is 18.3 Å². The second kappa shape index (κ2) is 11.7. The Balaban J connectivity index is 1.55. The van der Waals surface area contributed by atoms with Gasteiger partial charge in [-0.1, -0.05) is 63.2 Å². The lowest BCUT2D eigenvalue weighted by atomic mass is 9.86. The monoisotopic (exact) mass is 521 g/mol. The number of H-pyrrole nitrogens is 1. The molecule has 0 radical (unpaired) electrons. The Hall–Kier alpha value is -4.90. The largest absolute Gasteiger partial charge is 0.496 e. The highest BCUT2D eigenvalue weighted by Gasteiger charge is 2.19. The minimum absolute atomic E-state index is 0.0567. The zero-order valence-electron chi connectivity index (χ0n) is 22.7. The van der Waals surface area contributed by atoms with Crippen LogP contribution >= 0.6 is 0 Å². The van der Waals surface area contributed by atoms with E-state index in [0.29, 0.717) is 17.9 Å². The van der Waals surface area contributed by atoms with Crippen molar-refractivity contribution in [3.63, 3.8) is 0 Å². The van der Waals surface area contributed by atoms with Gasteiger partial charge in [0.05, 0.1) is 19.0 Å². The van der Waals surface area contributed by atoms with Crippen LogP contribution in [0.5, 0.6) is 11.5 Å². The summed E-state index contributed by atoms with van der Waals surface area (Å²) in [5.41, 5.74) is 6.96. The SMILES string of the molecule is COc1ccc(C=NNc2nc(-c3ccccc3)c(C#N)c(=O)[nH]2)cc1COc1cc(C)ccc1C(C)(C)C. The molecule has 39 heavy (non-hydrogen) atoms. The summed E-state index contributed by atoms with van der Waals surface area (Å²) >= 11 is 0. The van der Waals surface area contributed by atoms with Crippen LogP contribution in [-0.2, 0) is 12.0 Å². The number of benzene rings is 3. The summed E-state index contributed by atoms with van der Waals surface area (Å²) in [6.07, 6.45) is 1.61. The van der Waals surface area contributed by atoms with Gasteiger partial charge < -0.3 is 9.47 Å². The number of hydrogen-bond donors (Lipinski definition) is 2. The van der Waals surface area contributed by atoms with E-state index >= 15 is 0 Å². The van der Waals surface area contributed by atoms with E-state index in [1.807, 2.05) is 49.4 Å². The number of aromatic nitrogens is 2. The quantitative estimate of drug-likeness (QED) is 0.219. The van der Waals surface area contributed by atoms with E-state index in [1.165, 1.54) is 0 Å². The van der Waals surface area contributed by atoms with Crippen LogP contribution < -0.4 is 20.5 Å². The first-order valence-corrected chi connectivity index (χ1v) is 12.5. The van der Waals surface area contributed by atoms with Crippen molar-refractivity contribution in [3.05, 3.63) is 105 Å². The van der Waals surface area contributed by atoms with Crippen molar-refractivity contribution in [2.45, 2.75) is 39.7 Å². The smallest absolute Gasteiger partial charge is 0.270 e. The number of hydrazone groups is 1. The topological polar surface area (TPSA) is 112 Å². The molecule has 0 spiro atoms. The number of hydrogen-bond acceptors (Lipinski definition) is 7. The average Bonchev–Trinajstić information content (AvgIpc) is 2.91. The first-order chi connectivity index (χ1) is 18.7. The molecule has 0 fully saturated rings. The van der Waals surface area contributed by atoms with Crippen LogP contribution in [-0.4, -0.2) is 23.3 Å². The fourth-order valence-electron chi connectivity index (χ4n) is 4.12. The zero-order valence-corrected chi connectivity index (χ0v) is 22.7. The molecule has 198 valence electrons. The third kappa shape index (κ3) is 6.51. The average molecular weight is 522 g/mol. The zero-order chi connectivity index (χ0) is 28.0. The Morgan fingerprint density at radius 1 is 1.08 bits per heavy atom. The van der Waals surface area contributed by atoms with Gasteiger partial charge in [0.2, 0.25) is 5.95 Å². The number of methoxy groups -OCH3 is 1. The van der Waals surface area contributed by atoms with Gasteiger partial charge in [-0.3, -0.25) is 9.78 Å². The molecule has 0 atom stereocenters. The van der Waals surface area contributed by atoms with Gasteiger partial charge >= 0.3 is 0 Å². The van der Waals surface area contributed by atoms with E-state index in [0.717, 1.165) is 28.0 Å². The number of rotatable bonds is 8. The molecule has 0 saturated heterocycles. The molecule has 0 saturated carbocycles. The van der Waals surface area contributed by atoms with Crippen LogP contribution in [0.25, 0.3) is 11.3 Å². The predicted octanol–water partition coefficient (Wildman–Crippen LogP) is 5.95. The molecule has 2 N–H and O–H groups in total. The fourth-order valence-corrected chi connectivity index (χ4v) is 4.12. The van der Waals surface area contributed by atoms with Crippen molar-refractivity contribution in [2.24, 2.45) is 5.10 Å². The summed E-state index contributed by atoms with van der Waals surface area (Å²) in [5, 5.41) is 13.7. The van der Waals surface area contributed by atoms with E-state index in [1.54, 1.807) is 25.5 Å². The van der Waals surface area contributed by atoms with Gasteiger partial charge in [-0.15, -0.1) is 0 Å². The van der Waals surface area contributed by atoms with Crippen molar-refractivity contribution >= 4 is 12.2 Å². The summed E-state index contributed by atoms with van der Waals surface area (Å²) in [4.78, 5) is 19.4. The second-order valence-corrected chi connectivity index (χ2v) is 10.1. The van der Waals surface area contributed by atoms with E-state index in [9.17, 15) is 10.1 Å². The first kappa shape index (κ1) is 27.1. The van der Waals surface area contributed by atoms with Crippen LogP contribution in [0.2, 0.25) is 0 Å². The summed E-state index contributed by atoms with van der Waals surface area (Å²) < 4.78 is 11.8. The summed E-state index contributed by atoms with van der Waals surface area (Å²) in [7, 11) is 1.62. The number of aromatic amines is 1. The summed E-state index contributed by atoms with van der Waals surface area (Å²) in [5.74, 6) is 1.67. The lowest BCUT2D eigenvalue weighted by molar-refractivity contribution is 0.289. The molecule has 0 aliphatic rings. The van der Waals surface area contributed by atoms with Crippen molar-refractivity contribution < 1.29 is 9.47 Å². The maximum atomic E-state index is 12.5. The third-order valence-electron chi connectivity index (χ3n) is 6.10. The normalized spacial score (nSPS) is 11.3. The lowest BCUT2D eigenvalue weighted by Gasteiger charge is -2.23. The van der Waals surface area contributed by atoms with Crippen LogP contribution in [0.3, 0.4) is 0 Å². The lowest BCUT2D eigenvalue weighted by Crippen LogP contribution is -2.16. The van der Waals surface area contributed by atoms with Crippen LogP contribution in [0.1, 0.15) is 48.6 Å². The number of nitriles is 1. The van der Waals surface area contributed by atoms with Crippen molar-refractivity contribution in [2.75, 3.05) is 12.5 Å². The van der Waals surface area contributed by atoms with Gasteiger partial charge in [-0.05, 0) is 53.3 Å². The van der Waals surface area contributed by atoms with Crippen molar-refractivity contribution in [1.82, 2.24) is 9.97 Å². The maximum absolute atomic E-state index is 12.5. The molecule has 3 aromatic carbocycles. The molecule has 1 heterocycles. The Morgan fingerprint density at radius 3 is 2.54 bits per heavy atom. The van der Waals surface area contributed by atoms with Gasteiger partial charge in [0.25, 0.3) is 5.56 Å². The van der Waals surface area contributed by atoms with Crippen molar-refractivity contribution in [3.8, 4) is 28.8 Å². The summed E-state index contributed by atoms with van der Waals surface area (Å²) in [6.45, 7) is 8.84. The third-order valence-corrected chi connectivity index (χ3v) is 6.10. The molecule has 1 aromatic heterocycles. The molecule has 0 aliphatic carbocycles. The van der Waals surface area contributed by atoms with Crippen LogP contribution in [0.4, 0.5) is 5.95 Å². The van der Waals surface area contributed by atoms with E-state index < -0.39 is 5.56 Å². The van der Waals surface area contributed by atoms with Gasteiger partial charge in [0.15, 0.2) is 0 Å². The molecule has 0 unspecified atom stereocenters.